The predicted molar refractivity (Wildman–Crippen MR) is 190 cm³/mol. The number of carboxylic acid groups (broad SMARTS) is 1. The van der Waals surface area contributed by atoms with Gasteiger partial charge in [0.25, 0.3) is 0 Å². The fourth-order valence-corrected chi connectivity index (χ4v) is 5.59. The summed E-state index contributed by atoms with van der Waals surface area (Å²) in [4.78, 5) is 36.5. The molecule has 0 heterocycles. The van der Waals surface area contributed by atoms with Crippen LogP contribution in [0.15, 0.2) is 12.2 Å². The van der Waals surface area contributed by atoms with Crippen LogP contribution in [-0.2, 0) is 28.6 Å². The van der Waals surface area contributed by atoms with Crippen LogP contribution in [0.2, 0.25) is 0 Å². The van der Waals surface area contributed by atoms with E-state index in [4.69, 9.17) is 14.2 Å². The number of allylic oxidation sites excluding steroid dienone is 2. The first-order chi connectivity index (χ1) is 22.6. The summed E-state index contributed by atoms with van der Waals surface area (Å²) in [5.41, 5.74) is 0. The Balaban J connectivity index is 4.34. The van der Waals surface area contributed by atoms with Crippen molar-refractivity contribution in [3.63, 3.8) is 0 Å². The smallest absolute Gasteiger partial charge is 0.306 e. The van der Waals surface area contributed by atoms with E-state index in [0.717, 1.165) is 38.5 Å². The molecule has 276 valence electrons. The predicted octanol–water partition coefficient (Wildman–Crippen LogP) is 8.24. The SMILES string of the molecule is CCCCCC/C=C/CCCCCCCCCC(=O)OCC(COCCC(C(=O)[O-])[N+](C)(C)C)OC(=O)CCCCCCCCCC. The van der Waals surface area contributed by atoms with Crippen LogP contribution in [0.25, 0.3) is 0 Å². The first kappa shape index (κ1) is 45.1. The largest absolute Gasteiger partial charge is 0.544 e. The molecule has 0 fully saturated rings. The van der Waals surface area contributed by atoms with Crippen molar-refractivity contribution in [2.45, 2.75) is 180 Å². The molecular formula is C39H73NO7. The Morgan fingerprint density at radius 3 is 1.55 bits per heavy atom. The summed E-state index contributed by atoms with van der Waals surface area (Å²) in [6, 6.07) is -0.720. The Morgan fingerprint density at radius 2 is 1.06 bits per heavy atom. The number of quaternary nitrogens is 1. The van der Waals surface area contributed by atoms with Crippen molar-refractivity contribution in [3.05, 3.63) is 12.2 Å². The molecule has 2 unspecified atom stereocenters. The quantitative estimate of drug-likeness (QED) is 0.0295. The third-order valence-corrected chi connectivity index (χ3v) is 8.65. The second-order valence-electron chi connectivity index (χ2n) is 14.2. The number of carbonyl (C=O) groups excluding carboxylic acids is 3. The van der Waals surface area contributed by atoms with Gasteiger partial charge in [-0.25, -0.2) is 0 Å². The van der Waals surface area contributed by atoms with Crippen LogP contribution in [-0.4, -0.2) is 75.5 Å². The number of ether oxygens (including phenoxy) is 3. The van der Waals surface area contributed by atoms with Crippen LogP contribution in [0.4, 0.5) is 0 Å². The van der Waals surface area contributed by atoms with Crippen molar-refractivity contribution in [1.29, 1.82) is 0 Å². The van der Waals surface area contributed by atoms with Gasteiger partial charge < -0.3 is 28.6 Å². The molecule has 0 saturated heterocycles. The Kier molecular flexibility index (Phi) is 30.1. The Hall–Kier alpha value is -1.93. The van der Waals surface area contributed by atoms with Crippen LogP contribution in [0, 0.1) is 0 Å². The number of likely N-dealkylation sites (N-methyl/N-ethyl adjacent to an activating group) is 1. The number of esters is 2. The van der Waals surface area contributed by atoms with Crippen LogP contribution in [0.1, 0.15) is 168 Å². The number of hydrogen-bond donors (Lipinski definition) is 0. The zero-order valence-corrected chi connectivity index (χ0v) is 31.2. The normalized spacial score (nSPS) is 13.1. The van der Waals surface area contributed by atoms with E-state index in [1.807, 2.05) is 0 Å². The maximum atomic E-state index is 12.6. The van der Waals surface area contributed by atoms with E-state index in [2.05, 4.69) is 26.0 Å². The molecule has 0 rings (SSSR count). The van der Waals surface area contributed by atoms with Gasteiger partial charge in [-0.15, -0.1) is 0 Å². The number of unbranched alkanes of at least 4 members (excludes halogenated alkanes) is 18. The Labute approximate surface area is 289 Å². The van der Waals surface area contributed by atoms with Gasteiger partial charge in [0.2, 0.25) is 0 Å². The molecule has 0 aliphatic carbocycles. The Bertz CT molecular complexity index is 793. The first-order valence-electron chi connectivity index (χ1n) is 19.2. The third kappa shape index (κ3) is 29.9. The van der Waals surface area contributed by atoms with Crippen LogP contribution in [0.3, 0.4) is 0 Å². The van der Waals surface area contributed by atoms with Crippen molar-refractivity contribution in [3.8, 4) is 0 Å². The number of hydrogen-bond acceptors (Lipinski definition) is 7. The molecule has 47 heavy (non-hydrogen) atoms. The third-order valence-electron chi connectivity index (χ3n) is 8.65. The van der Waals surface area contributed by atoms with Crippen LogP contribution >= 0.6 is 0 Å². The van der Waals surface area contributed by atoms with Crippen LogP contribution in [0.5, 0.6) is 0 Å². The highest BCUT2D eigenvalue weighted by Crippen LogP contribution is 2.13. The minimum absolute atomic E-state index is 0.0438. The van der Waals surface area contributed by atoms with Crippen LogP contribution < -0.4 is 5.11 Å². The summed E-state index contributed by atoms with van der Waals surface area (Å²) in [5, 5.41) is 11.5. The standard InChI is InChI=1S/C39H73NO7/c1-6-8-10-12-14-16-17-18-19-20-21-22-24-25-27-29-37(41)46-34-35(33-45-32-31-36(39(43)44)40(3,4)5)47-38(42)30-28-26-23-15-13-11-9-7-2/h16-17,35-36H,6-15,18-34H2,1-5H3/b17-16+. The molecule has 0 N–H and O–H groups in total. The summed E-state index contributed by atoms with van der Waals surface area (Å²) in [6.07, 6.45) is 29.5. The van der Waals surface area contributed by atoms with E-state index >= 15 is 0 Å². The number of rotatable bonds is 34. The Morgan fingerprint density at radius 1 is 0.617 bits per heavy atom. The second-order valence-corrected chi connectivity index (χ2v) is 14.2. The number of nitrogens with zero attached hydrogens (tertiary/aromatic N) is 1. The molecular weight excluding hydrogens is 594 g/mol. The number of aliphatic carboxylic acids is 1. The highest BCUT2D eigenvalue weighted by Gasteiger charge is 2.25. The minimum Gasteiger partial charge on any atom is -0.544 e. The highest BCUT2D eigenvalue weighted by atomic mass is 16.6. The molecule has 0 aliphatic heterocycles. The molecule has 8 heteroatoms. The lowest BCUT2D eigenvalue weighted by atomic mass is 10.1. The fraction of sp³-hybridized carbons (Fsp3) is 0.872. The molecule has 8 nitrogen and oxygen atoms in total. The van der Waals surface area contributed by atoms with Gasteiger partial charge in [-0.05, 0) is 38.5 Å². The van der Waals surface area contributed by atoms with Gasteiger partial charge in [0.1, 0.15) is 12.6 Å². The van der Waals surface area contributed by atoms with Gasteiger partial charge in [-0.1, -0.05) is 122 Å². The maximum absolute atomic E-state index is 12.6. The summed E-state index contributed by atoms with van der Waals surface area (Å²) in [7, 11) is 5.39. The minimum atomic E-state index is -1.13. The summed E-state index contributed by atoms with van der Waals surface area (Å²) < 4.78 is 17.0. The lowest BCUT2D eigenvalue weighted by Crippen LogP contribution is -2.55. The lowest BCUT2D eigenvalue weighted by molar-refractivity contribution is -0.889. The zero-order chi connectivity index (χ0) is 35.0. The van der Waals surface area contributed by atoms with Crippen molar-refractivity contribution in [2.75, 3.05) is 41.0 Å². The second kappa shape index (κ2) is 31.3. The molecule has 0 aromatic heterocycles. The lowest BCUT2D eigenvalue weighted by Gasteiger charge is -2.34. The summed E-state index contributed by atoms with van der Waals surface area (Å²) in [6.45, 7) is 4.61. The van der Waals surface area contributed by atoms with Crippen molar-refractivity contribution in [1.82, 2.24) is 0 Å². The van der Waals surface area contributed by atoms with Gasteiger partial charge in [-0.3, -0.25) is 9.59 Å². The fourth-order valence-electron chi connectivity index (χ4n) is 5.59. The van der Waals surface area contributed by atoms with E-state index in [9.17, 15) is 19.5 Å². The van der Waals surface area contributed by atoms with E-state index in [-0.39, 0.29) is 42.7 Å². The molecule has 0 saturated carbocycles. The maximum Gasteiger partial charge on any atom is 0.306 e. The summed E-state index contributed by atoms with van der Waals surface area (Å²) >= 11 is 0. The molecule has 2 atom stereocenters. The van der Waals surface area contributed by atoms with Gasteiger partial charge in [-0.2, -0.15) is 0 Å². The average molecular weight is 668 g/mol. The molecule has 0 spiro atoms. The van der Waals surface area contributed by atoms with Crippen molar-refractivity contribution < 1.29 is 38.2 Å². The van der Waals surface area contributed by atoms with E-state index in [0.29, 0.717) is 12.8 Å². The summed E-state index contributed by atoms with van der Waals surface area (Å²) in [5.74, 6) is -1.74. The molecule has 0 bridgehead atoms. The topological polar surface area (TPSA) is 102 Å². The molecule has 0 amide bonds. The van der Waals surface area contributed by atoms with Gasteiger partial charge in [0, 0.05) is 19.3 Å². The van der Waals surface area contributed by atoms with Gasteiger partial charge >= 0.3 is 11.9 Å². The first-order valence-corrected chi connectivity index (χ1v) is 19.2. The zero-order valence-electron chi connectivity index (χ0n) is 31.2. The van der Waals surface area contributed by atoms with Crippen molar-refractivity contribution >= 4 is 17.9 Å². The molecule has 0 aromatic carbocycles. The van der Waals surface area contributed by atoms with E-state index in [1.54, 1.807) is 21.1 Å². The van der Waals surface area contributed by atoms with Gasteiger partial charge in [0.15, 0.2) is 6.10 Å². The average Bonchev–Trinajstić information content (AvgIpc) is 3.01. The van der Waals surface area contributed by atoms with Gasteiger partial charge in [0.05, 0.1) is 40.3 Å². The highest BCUT2D eigenvalue weighted by molar-refractivity contribution is 5.70. The molecule has 0 aliphatic rings. The molecule has 0 radical (unpaired) electrons. The molecule has 0 aromatic rings. The van der Waals surface area contributed by atoms with Crippen molar-refractivity contribution in [2.24, 2.45) is 0 Å². The number of carbonyl (C=O) groups is 3. The number of carboxylic acids is 1. The monoisotopic (exact) mass is 668 g/mol. The van der Waals surface area contributed by atoms with E-state index < -0.39 is 18.1 Å². The van der Waals surface area contributed by atoms with E-state index in [1.165, 1.54) is 96.3 Å².